The number of aromatic nitrogens is 3. The maximum Gasteiger partial charge on any atom is 0.335 e. The fourth-order valence-electron chi connectivity index (χ4n) is 6.24. The highest BCUT2D eigenvalue weighted by Crippen LogP contribution is 2.30. The van der Waals surface area contributed by atoms with E-state index in [-0.39, 0.29) is 0 Å². The number of fused-ring (bicyclic) bond motifs is 2. The Kier molecular flexibility index (Phi) is 8.49. The second-order valence-corrected chi connectivity index (χ2v) is 12.3. The Morgan fingerprint density at radius 2 is 1.74 bits per heavy atom. The molecule has 0 atom stereocenters. The van der Waals surface area contributed by atoms with Gasteiger partial charge in [0.1, 0.15) is 10.7 Å². The number of rotatable bonds is 11. The number of imidazole rings is 1. The summed E-state index contributed by atoms with van der Waals surface area (Å²) < 4.78 is 2.29. The minimum atomic E-state index is -0.879. The third kappa shape index (κ3) is 6.03. The Morgan fingerprint density at radius 3 is 2.50 bits per heavy atom. The van der Waals surface area contributed by atoms with Crippen LogP contribution in [0.4, 0.5) is 0 Å². The molecule has 0 aliphatic carbocycles. The Hall–Kier alpha value is -3.81. The first kappa shape index (κ1) is 28.3. The molecule has 0 radical (unpaired) electrons. The monoisotopic (exact) mass is 578 g/mol. The van der Waals surface area contributed by atoms with Crippen molar-refractivity contribution < 1.29 is 9.90 Å². The Bertz CT molecular complexity index is 1680. The molecule has 0 amide bonds. The molecule has 7 heteroatoms. The van der Waals surface area contributed by atoms with E-state index in [9.17, 15) is 9.90 Å². The normalized spacial score (nSPS) is 13.6. The number of carboxylic acids is 1. The highest BCUT2D eigenvalue weighted by Gasteiger charge is 2.21. The van der Waals surface area contributed by atoms with Crippen molar-refractivity contribution in [1.82, 2.24) is 19.4 Å². The van der Waals surface area contributed by atoms with Crippen LogP contribution >= 0.6 is 11.3 Å². The highest BCUT2D eigenvalue weighted by molar-refractivity contribution is 7.09. The molecule has 3 heterocycles. The average Bonchev–Trinajstić information content (AvgIpc) is 3.61. The fourth-order valence-corrected chi connectivity index (χ4v) is 7.06. The number of hydrogen-bond acceptors (Lipinski definition) is 5. The highest BCUT2D eigenvalue weighted by atomic mass is 32.1. The fraction of sp³-hybridized carbons (Fsp3) is 0.343. The lowest BCUT2D eigenvalue weighted by atomic mass is 9.90. The molecule has 6 nitrogen and oxygen atoms in total. The molecule has 1 N–H and O–H groups in total. The van der Waals surface area contributed by atoms with Crippen molar-refractivity contribution in [1.29, 1.82) is 0 Å². The largest absolute Gasteiger partial charge is 0.478 e. The second kappa shape index (κ2) is 12.6. The Balaban J connectivity index is 1.23. The van der Waals surface area contributed by atoms with Gasteiger partial charge in [0.25, 0.3) is 0 Å². The van der Waals surface area contributed by atoms with Gasteiger partial charge in [-0.15, -0.1) is 11.3 Å². The second-order valence-electron chi connectivity index (χ2n) is 11.4. The molecular formula is C35H38N4O2S. The van der Waals surface area contributed by atoms with Gasteiger partial charge in [-0.3, -0.25) is 4.90 Å². The van der Waals surface area contributed by atoms with E-state index in [0.29, 0.717) is 11.5 Å². The summed E-state index contributed by atoms with van der Waals surface area (Å²) in [6.07, 6.45) is 5.82. The Labute approximate surface area is 251 Å². The smallest absolute Gasteiger partial charge is 0.335 e. The van der Waals surface area contributed by atoms with Gasteiger partial charge in [0.15, 0.2) is 5.82 Å². The zero-order valence-electron chi connectivity index (χ0n) is 24.4. The maximum absolute atomic E-state index is 11.5. The predicted molar refractivity (Wildman–Crippen MR) is 170 cm³/mol. The molecule has 1 aliphatic heterocycles. The van der Waals surface area contributed by atoms with Crippen LogP contribution in [0.2, 0.25) is 0 Å². The molecule has 1 aliphatic rings. The number of aromatic carboxylic acids is 1. The van der Waals surface area contributed by atoms with Crippen molar-refractivity contribution in [3.8, 4) is 11.5 Å². The lowest BCUT2D eigenvalue weighted by Gasteiger charge is -2.28. The molecular weight excluding hydrogens is 540 g/mol. The van der Waals surface area contributed by atoms with E-state index >= 15 is 0 Å². The molecule has 5 aromatic rings. The topological polar surface area (TPSA) is 71.2 Å². The molecule has 0 fully saturated rings. The van der Waals surface area contributed by atoms with Gasteiger partial charge in [-0.1, -0.05) is 69.2 Å². The number of carbonyl (C=O) groups is 1. The average molecular weight is 579 g/mol. The zero-order valence-corrected chi connectivity index (χ0v) is 25.2. The first-order chi connectivity index (χ1) is 20.5. The van der Waals surface area contributed by atoms with Gasteiger partial charge < -0.3 is 9.67 Å². The predicted octanol–water partition coefficient (Wildman–Crippen LogP) is 8.15. The number of nitrogens with zero attached hydrogens (tertiary/aromatic N) is 4. The van der Waals surface area contributed by atoms with Gasteiger partial charge in [-0.25, -0.2) is 14.8 Å². The van der Waals surface area contributed by atoms with Crippen molar-refractivity contribution in [3.05, 3.63) is 105 Å². The van der Waals surface area contributed by atoms with Crippen molar-refractivity contribution in [2.45, 2.75) is 71.5 Å². The minimum absolute atomic E-state index is 0.349. The third-order valence-electron chi connectivity index (χ3n) is 8.40. The molecule has 3 aromatic carbocycles. The third-order valence-corrected chi connectivity index (χ3v) is 9.24. The molecule has 0 spiro atoms. The molecule has 216 valence electrons. The van der Waals surface area contributed by atoms with E-state index in [0.717, 1.165) is 65.7 Å². The van der Waals surface area contributed by atoms with Gasteiger partial charge in [0.05, 0.1) is 23.1 Å². The lowest BCUT2D eigenvalue weighted by Crippen LogP contribution is -2.30. The number of thiazole rings is 1. The molecule has 42 heavy (non-hydrogen) atoms. The molecule has 2 aromatic heterocycles. The summed E-state index contributed by atoms with van der Waals surface area (Å²) in [5.41, 5.74) is 8.39. The summed E-state index contributed by atoms with van der Waals surface area (Å²) in [6, 6.07) is 23.0. The van der Waals surface area contributed by atoms with Gasteiger partial charge in [-0.05, 0) is 71.7 Å². The van der Waals surface area contributed by atoms with Crippen LogP contribution in [-0.4, -0.2) is 37.1 Å². The standard InChI is InChI=1S/C35H38N4O2S/c1-3-7-25(8-4-2)26-13-11-24(12-14-26)20-39-32-10-6-5-9-30(32)37-34(39)31-23-42-33(36-31)22-38-18-17-27-15-16-28(35(40)41)19-29(27)21-38/h5-6,9-16,19,23,25H,3-4,7-8,17-18,20-22H2,1-2H3,(H,40,41). The summed E-state index contributed by atoms with van der Waals surface area (Å²) in [4.78, 5) is 23.9. The van der Waals surface area contributed by atoms with Gasteiger partial charge in [0, 0.05) is 25.0 Å². The zero-order chi connectivity index (χ0) is 29.1. The van der Waals surface area contributed by atoms with E-state index in [1.165, 1.54) is 42.4 Å². The van der Waals surface area contributed by atoms with Crippen molar-refractivity contribution in [2.75, 3.05) is 6.54 Å². The van der Waals surface area contributed by atoms with Crippen molar-refractivity contribution >= 4 is 28.3 Å². The van der Waals surface area contributed by atoms with Crippen LogP contribution in [0, 0.1) is 0 Å². The SMILES string of the molecule is CCCC(CCC)c1ccc(Cn2c(-c3csc(CN4CCc5ccc(C(=O)O)cc5C4)n3)nc3ccccc32)cc1. The number of para-hydroxylation sites is 2. The quantitative estimate of drug-likeness (QED) is 0.171. The number of hydrogen-bond donors (Lipinski definition) is 1. The molecule has 0 saturated carbocycles. The van der Waals surface area contributed by atoms with Crippen LogP contribution in [0.5, 0.6) is 0 Å². The van der Waals surface area contributed by atoms with E-state index in [4.69, 9.17) is 9.97 Å². The molecule has 0 saturated heterocycles. The van der Waals surface area contributed by atoms with Crippen LogP contribution in [0.3, 0.4) is 0 Å². The summed E-state index contributed by atoms with van der Waals surface area (Å²) >= 11 is 1.67. The molecule has 6 rings (SSSR count). The van der Waals surface area contributed by atoms with Gasteiger partial charge in [-0.2, -0.15) is 0 Å². The van der Waals surface area contributed by atoms with Crippen molar-refractivity contribution in [2.24, 2.45) is 0 Å². The number of benzene rings is 3. The summed E-state index contributed by atoms with van der Waals surface area (Å²) in [7, 11) is 0. The lowest BCUT2D eigenvalue weighted by molar-refractivity contribution is 0.0696. The summed E-state index contributed by atoms with van der Waals surface area (Å²) in [5, 5.41) is 12.6. The summed E-state index contributed by atoms with van der Waals surface area (Å²) in [5.74, 6) is 0.655. The summed E-state index contributed by atoms with van der Waals surface area (Å²) in [6.45, 7) is 7.69. The minimum Gasteiger partial charge on any atom is -0.478 e. The maximum atomic E-state index is 11.5. The molecule has 0 unspecified atom stereocenters. The van der Waals surface area contributed by atoms with Crippen LogP contribution in [0.1, 0.15) is 83.1 Å². The van der Waals surface area contributed by atoms with Crippen LogP contribution < -0.4 is 0 Å². The van der Waals surface area contributed by atoms with Crippen LogP contribution in [0.25, 0.3) is 22.6 Å². The van der Waals surface area contributed by atoms with E-state index in [1.807, 2.05) is 18.2 Å². The van der Waals surface area contributed by atoms with Crippen LogP contribution in [0.15, 0.2) is 72.1 Å². The first-order valence-corrected chi connectivity index (χ1v) is 16.0. The number of carboxylic acid groups (broad SMARTS) is 1. The van der Waals surface area contributed by atoms with E-state index in [2.05, 4.69) is 71.2 Å². The Morgan fingerprint density at radius 1 is 0.952 bits per heavy atom. The molecule has 0 bridgehead atoms. The van der Waals surface area contributed by atoms with Gasteiger partial charge >= 0.3 is 5.97 Å². The van der Waals surface area contributed by atoms with Gasteiger partial charge in [0.2, 0.25) is 0 Å². The van der Waals surface area contributed by atoms with Crippen molar-refractivity contribution in [3.63, 3.8) is 0 Å². The van der Waals surface area contributed by atoms with Crippen LogP contribution in [-0.2, 0) is 26.1 Å². The van der Waals surface area contributed by atoms with E-state index < -0.39 is 5.97 Å². The van der Waals surface area contributed by atoms with E-state index in [1.54, 1.807) is 17.4 Å². The first-order valence-electron chi connectivity index (χ1n) is 15.1.